The Hall–Kier alpha value is -1.67. The molecule has 3 rings (SSSR count). The molecule has 0 N–H and O–H groups in total. The highest BCUT2D eigenvalue weighted by Gasteiger charge is 2.14. The molecular weight excluding hydrogens is 262 g/mol. The molecule has 0 aromatic heterocycles. The Labute approximate surface area is 126 Å². The van der Waals surface area contributed by atoms with Crippen molar-refractivity contribution in [2.75, 3.05) is 13.1 Å². The van der Waals surface area contributed by atoms with Gasteiger partial charge in [0.25, 0.3) is 0 Å². The average molecular weight is 281 g/mol. The summed E-state index contributed by atoms with van der Waals surface area (Å²) in [5.41, 5.74) is 3.67. The van der Waals surface area contributed by atoms with Crippen LogP contribution in [0.5, 0.6) is 0 Å². The number of rotatable bonds is 2. The summed E-state index contributed by atoms with van der Waals surface area (Å²) in [5.74, 6) is 0. The van der Waals surface area contributed by atoms with Crippen molar-refractivity contribution < 1.29 is 0 Å². The van der Waals surface area contributed by atoms with Gasteiger partial charge in [-0.1, -0.05) is 66.8 Å². The lowest BCUT2D eigenvalue weighted by Crippen LogP contribution is -2.34. The zero-order valence-corrected chi connectivity index (χ0v) is 12.4. The number of piperidine rings is 1. The predicted molar refractivity (Wildman–Crippen MR) is 89.0 cm³/mol. The minimum Gasteiger partial charge on any atom is -0.362 e. The van der Waals surface area contributed by atoms with Gasteiger partial charge < -0.3 is 4.90 Å². The first kappa shape index (κ1) is 13.3. The van der Waals surface area contributed by atoms with Crippen LogP contribution in [0, 0.1) is 0 Å². The second kappa shape index (κ2) is 6.19. The van der Waals surface area contributed by atoms with E-state index in [0.717, 1.165) is 18.1 Å². The van der Waals surface area contributed by atoms with Gasteiger partial charge in [-0.25, -0.2) is 0 Å². The van der Waals surface area contributed by atoms with Gasteiger partial charge in [0.1, 0.15) is 4.99 Å². The molecule has 0 radical (unpaired) electrons. The Balaban J connectivity index is 1.77. The number of hydrogen-bond acceptors (Lipinski definition) is 1. The van der Waals surface area contributed by atoms with E-state index in [-0.39, 0.29) is 0 Å². The van der Waals surface area contributed by atoms with E-state index < -0.39 is 0 Å². The lowest BCUT2D eigenvalue weighted by atomic mass is 10.0. The molecule has 0 unspecified atom stereocenters. The lowest BCUT2D eigenvalue weighted by molar-refractivity contribution is 0.347. The molecule has 0 aliphatic carbocycles. The number of thiocarbonyl (C=S) groups is 1. The smallest absolute Gasteiger partial charge is 0.109 e. The van der Waals surface area contributed by atoms with Crippen molar-refractivity contribution in [3.05, 3.63) is 60.2 Å². The van der Waals surface area contributed by atoms with Crippen molar-refractivity contribution in [1.82, 2.24) is 4.90 Å². The molecule has 0 spiro atoms. The Bertz CT molecular complexity index is 568. The third kappa shape index (κ3) is 2.91. The summed E-state index contributed by atoms with van der Waals surface area (Å²) < 4.78 is 0. The molecule has 2 aromatic rings. The fraction of sp³-hybridized carbons (Fsp3) is 0.278. The molecule has 1 saturated heterocycles. The van der Waals surface area contributed by atoms with Crippen molar-refractivity contribution in [1.29, 1.82) is 0 Å². The Morgan fingerprint density at radius 1 is 0.750 bits per heavy atom. The second-order valence-electron chi connectivity index (χ2n) is 5.30. The Morgan fingerprint density at radius 2 is 1.35 bits per heavy atom. The maximum absolute atomic E-state index is 5.63. The molecule has 2 heteroatoms. The van der Waals surface area contributed by atoms with E-state index in [2.05, 4.69) is 53.4 Å². The maximum Gasteiger partial charge on any atom is 0.109 e. The number of benzene rings is 2. The summed E-state index contributed by atoms with van der Waals surface area (Å²) in [5, 5.41) is 0. The van der Waals surface area contributed by atoms with Gasteiger partial charge in [-0.3, -0.25) is 0 Å². The number of likely N-dealkylation sites (tertiary alicyclic amines) is 1. The Morgan fingerprint density at radius 3 is 2.00 bits per heavy atom. The van der Waals surface area contributed by atoms with Crippen LogP contribution in [-0.2, 0) is 0 Å². The van der Waals surface area contributed by atoms with Crippen LogP contribution in [0.4, 0.5) is 0 Å². The summed E-state index contributed by atoms with van der Waals surface area (Å²) >= 11 is 5.63. The first-order valence-corrected chi connectivity index (χ1v) is 7.70. The van der Waals surface area contributed by atoms with Crippen LogP contribution in [-0.4, -0.2) is 23.0 Å². The first-order valence-electron chi connectivity index (χ1n) is 7.29. The van der Waals surface area contributed by atoms with Gasteiger partial charge in [-0.05, 0) is 30.4 Å². The van der Waals surface area contributed by atoms with Crippen LogP contribution in [0.3, 0.4) is 0 Å². The normalized spacial score (nSPS) is 15.1. The van der Waals surface area contributed by atoms with Gasteiger partial charge in [-0.15, -0.1) is 0 Å². The predicted octanol–water partition coefficient (Wildman–Crippen LogP) is 4.52. The highest BCUT2D eigenvalue weighted by molar-refractivity contribution is 7.80. The summed E-state index contributed by atoms with van der Waals surface area (Å²) in [7, 11) is 0. The van der Waals surface area contributed by atoms with E-state index in [0.29, 0.717) is 0 Å². The van der Waals surface area contributed by atoms with Crippen molar-refractivity contribution in [3.63, 3.8) is 0 Å². The summed E-state index contributed by atoms with van der Waals surface area (Å²) in [6, 6.07) is 19.1. The summed E-state index contributed by atoms with van der Waals surface area (Å²) in [6.45, 7) is 2.22. The molecule has 0 atom stereocenters. The summed E-state index contributed by atoms with van der Waals surface area (Å²) in [4.78, 5) is 3.35. The standard InChI is InChI=1S/C18H19NS/c20-18(19-13-5-2-6-14-19)17-11-9-16(10-12-17)15-7-3-1-4-8-15/h1,3-4,7-12H,2,5-6,13-14H2. The van der Waals surface area contributed by atoms with E-state index in [1.807, 2.05) is 6.07 Å². The molecular formula is C18H19NS. The molecule has 1 fully saturated rings. The summed E-state index contributed by atoms with van der Waals surface area (Å²) in [6.07, 6.45) is 3.87. The zero-order valence-electron chi connectivity index (χ0n) is 11.6. The second-order valence-corrected chi connectivity index (χ2v) is 5.68. The van der Waals surface area contributed by atoms with Gasteiger partial charge in [-0.2, -0.15) is 0 Å². The van der Waals surface area contributed by atoms with E-state index in [1.165, 1.54) is 36.0 Å². The van der Waals surface area contributed by atoms with E-state index in [1.54, 1.807) is 0 Å². The number of nitrogens with zero attached hydrogens (tertiary/aromatic N) is 1. The van der Waals surface area contributed by atoms with Crippen LogP contribution in [0.1, 0.15) is 24.8 Å². The van der Waals surface area contributed by atoms with Crippen LogP contribution < -0.4 is 0 Å². The molecule has 102 valence electrons. The van der Waals surface area contributed by atoms with Crippen LogP contribution in [0.25, 0.3) is 11.1 Å². The van der Waals surface area contributed by atoms with Crippen molar-refractivity contribution in [2.24, 2.45) is 0 Å². The van der Waals surface area contributed by atoms with Crippen molar-refractivity contribution in [3.8, 4) is 11.1 Å². The SMILES string of the molecule is S=C(c1ccc(-c2ccccc2)cc1)N1CCCCC1. The highest BCUT2D eigenvalue weighted by atomic mass is 32.1. The third-order valence-corrected chi connectivity index (χ3v) is 4.38. The number of hydrogen-bond donors (Lipinski definition) is 0. The lowest BCUT2D eigenvalue weighted by Gasteiger charge is -2.29. The van der Waals surface area contributed by atoms with Gasteiger partial charge in [0.05, 0.1) is 0 Å². The van der Waals surface area contributed by atoms with Crippen LogP contribution in [0.2, 0.25) is 0 Å². The maximum atomic E-state index is 5.63. The monoisotopic (exact) mass is 281 g/mol. The van der Waals surface area contributed by atoms with Crippen molar-refractivity contribution >= 4 is 17.2 Å². The zero-order chi connectivity index (χ0) is 13.8. The van der Waals surface area contributed by atoms with Crippen LogP contribution >= 0.6 is 12.2 Å². The molecule has 0 bridgehead atoms. The molecule has 0 amide bonds. The molecule has 20 heavy (non-hydrogen) atoms. The fourth-order valence-electron chi connectivity index (χ4n) is 2.72. The fourth-order valence-corrected chi connectivity index (χ4v) is 3.03. The van der Waals surface area contributed by atoms with Crippen molar-refractivity contribution in [2.45, 2.75) is 19.3 Å². The van der Waals surface area contributed by atoms with E-state index >= 15 is 0 Å². The van der Waals surface area contributed by atoms with Gasteiger partial charge in [0.2, 0.25) is 0 Å². The first-order chi connectivity index (χ1) is 9.84. The van der Waals surface area contributed by atoms with Crippen LogP contribution in [0.15, 0.2) is 54.6 Å². The molecule has 2 aromatic carbocycles. The minimum absolute atomic E-state index is 1.00. The molecule has 1 heterocycles. The molecule has 1 nitrogen and oxygen atoms in total. The van der Waals surface area contributed by atoms with E-state index in [4.69, 9.17) is 12.2 Å². The molecule has 1 aliphatic rings. The highest BCUT2D eigenvalue weighted by Crippen LogP contribution is 2.21. The van der Waals surface area contributed by atoms with Gasteiger partial charge in [0.15, 0.2) is 0 Å². The van der Waals surface area contributed by atoms with Gasteiger partial charge >= 0.3 is 0 Å². The largest absolute Gasteiger partial charge is 0.362 e. The third-order valence-electron chi connectivity index (χ3n) is 3.88. The molecule has 1 aliphatic heterocycles. The van der Waals surface area contributed by atoms with E-state index in [9.17, 15) is 0 Å². The minimum atomic E-state index is 1.00. The topological polar surface area (TPSA) is 3.24 Å². The average Bonchev–Trinajstić information content (AvgIpc) is 2.56. The van der Waals surface area contributed by atoms with Gasteiger partial charge in [0, 0.05) is 18.7 Å². The molecule has 0 saturated carbocycles. The Kier molecular flexibility index (Phi) is 4.12. The quantitative estimate of drug-likeness (QED) is 0.745.